The number of rotatable bonds is 2. The van der Waals surface area contributed by atoms with Gasteiger partial charge in [-0.05, 0) is 0 Å². The van der Waals surface area contributed by atoms with Gasteiger partial charge in [-0.3, -0.25) is 0 Å². The Balaban J connectivity index is 1.75. The van der Waals surface area contributed by atoms with E-state index in [1.54, 1.807) is 22.3 Å². The van der Waals surface area contributed by atoms with Crippen LogP contribution in [0.4, 0.5) is 0 Å². The average molecular weight is 526 g/mol. The molecule has 0 radical (unpaired) electrons. The minimum atomic E-state index is -2.19. The summed E-state index contributed by atoms with van der Waals surface area (Å²) in [7, 11) is 0. The molecule has 3 aromatic rings. The summed E-state index contributed by atoms with van der Waals surface area (Å²) < 4.78 is 3.86. The molecule has 0 heterocycles. The van der Waals surface area contributed by atoms with E-state index in [-0.39, 0.29) is 10.8 Å². The summed E-state index contributed by atoms with van der Waals surface area (Å²) in [5.74, 6) is 0. The molecule has 1 atom stereocenters. The maximum absolute atomic E-state index is 2.68. The number of allylic oxidation sites excluding steroid dienone is 1. The number of fused-ring (bicyclic) bond motifs is 4. The van der Waals surface area contributed by atoms with Crippen molar-refractivity contribution in [2.75, 3.05) is 0 Å². The van der Waals surface area contributed by atoms with Crippen molar-refractivity contribution in [2.45, 2.75) is 73.5 Å². The van der Waals surface area contributed by atoms with Gasteiger partial charge in [0, 0.05) is 0 Å². The Morgan fingerprint density at radius 1 is 0.676 bits per heavy atom. The monoisotopic (exact) mass is 524 g/mol. The van der Waals surface area contributed by atoms with Crippen LogP contribution in [0.3, 0.4) is 0 Å². The van der Waals surface area contributed by atoms with E-state index < -0.39 is 21.3 Å². The molecule has 1 heteroatoms. The van der Waals surface area contributed by atoms with Gasteiger partial charge in [0.05, 0.1) is 0 Å². The van der Waals surface area contributed by atoms with Crippen LogP contribution in [-0.4, -0.2) is 3.71 Å². The van der Waals surface area contributed by atoms with Crippen molar-refractivity contribution in [2.24, 2.45) is 0 Å². The van der Waals surface area contributed by atoms with Gasteiger partial charge in [0.25, 0.3) is 0 Å². The molecule has 0 nitrogen and oxygen atoms in total. The van der Waals surface area contributed by atoms with Gasteiger partial charge in [-0.1, -0.05) is 0 Å². The van der Waals surface area contributed by atoms with Crippen LogP contribution < -0.4 is 0 Å². The van der Waals surface area contributed by atoms with E-state index in [0.717, 1.165) is 0 Å². The van der Waals surface area contributed by atoms with E-state index in [4.69, 9.17) is 0 Å². The molecular weight excluding hydrogens is 488 g/mol. The molecule has 0 spiro atoms. The van der Waals surface area contributed by atoms with Crippen molar-refractivity contribution in [3.05, 3.63) is 99.6 Å². The topological polar surface area (TPSA) is 0 Å². The van der Waals surface area contributed by atoms with Crippen molar-refractivity contribution in [1.29, 1.82) is 0 Å². The third-order valence-electron chi connectivity index (χ3n) is 7.89. The SMILES string of the molecule is C[CH]=[Zr]([CH]1C(C)=Cc2ccccc21)[CH]1c2cc(C(C)(C)C)ccc2-c2ccc(C(C)(C)C)cc21. The summed E-state index contributed by atoms with van der Waals surface area (Å²) in [4.78, 5) is 0. The van der Waals surface area contributed by atoms with Crippen molar-refractivity contribution < 1.29 is 21.3 Å². The summed E-state index contributed by atoms with van der Waals surface area (Å²) in [5.41, 5.74) is 13.9. The van der Waals surface area contributed by atoms with Gasteiger partial charge in [0.2, 0.25) is 0 Å². The van der Waals surface area contributed by atoms with E-state index in [1.165, 1.54) is 27.8 Å². The van der Waals surface area contributed by atoms with Crippen molar-refractivity contribution in [1.82, 2.24) is 0 Å². The van der Waals surface area contributed by atoms with Gasteiger partial charge < -0.3 is 0 Å². The third-order valence-corrected chi connectivity index (χ3v) is 16.2. The Hall–Kier alpha value is -1.85. The molecule has 0 saturated carbocycles. The molecular formula is C33H38Zr. The quantitative estimate of drug-likeness (QED) is 0.313. The van der Waals surface area contributed by atoms with E-state index in [1.807, 2.05) is 0 Å². The summed E-state index contributed by atoms with van der Waals surface area (Å²) in [6.45, 7) is 18.8. The second-order valence-electron chi connectivity index (χ2n) is 12.3. The molecule has 0 saturated heterocycles. The molecule has 0 aliphatic heterocycles. The zero-order valence-electron chi connectivity index (χ0n) is 22.1. The van der Waals surface area contributed by atoms with Crippen molar-refractivity contribution in [3.8, 4) is 11.1 Å². The zero-order chi connectivity index (χ0) is 24.4. The predicted octanol–water partition coefficient (Wildman–Crippen LogP) is 8.95. The van der Waals surface area contributed by atoms with Gasteiger partial charge in [0.1, 0.15) is 0 Å². The summed E-state index contributed by atoms with van der Waals surface area (Å²) in [6, 6.07) is 23.9. The Labute approximate surface area is 214 Å². The van der Waals surface area contributed by atoms with Crippen LogP contribution in [0.5, 0.6) is 0 Å². The fourth-order valence-corrected chi connectivity index (χ4v) is 14.4. The van der Waals surface area contributed by atoms with Crippen LogP contribution in [0, 0.1) is 0 Å². The molecule has 0 amide bonds. The standard InChI is InChI=1S/C21H25.C10H9.C2H4.Zr/c1-20(2,3)16-7-9-18-14(12-16)11-15-13-17(21(4,5)6)8-10-19(15)18;1-8-6-9-4-2-3-5-10(9)7-8;1-2;/h7-13H,1-6H3;2-7H,1H3;1H,2H3;. The Bertz CT molecular complexity index is 1270. The molecule has 0 N–H and O–H groups in total. The molecule has 174 valence electrons. The van der Waals surface area contributed by atoms with Crippen LogP contribution in [0.2, 0.25) is 0 Å². The number of hydrogen-bond donors (Lipinski definition) is 0. The van der Waals surface area contributed by atoms with Gasteiger partial charge in [-0.2, -0.15) is 0 Å². The first-order valence-corrected chi connectivity index (χ1v) is 17.0. The van der Waals surface area contributed by atoms with Crippen LogP contribution in [0.25, 0.3) is 17.2 Å². The zero-order valence-corrected chi connectivity index (χ0v) is 24.5. The molecule has 2 aliphatic rings. The molecule has 2 aliphatic carbocycles. The average Bonchev–Trinajstić information content (AvgIpc) is 3.27. The summed E-state index contributed by atoms with van der Waals surface area (Å²) in [6.07, 6.45) is 2.46. The number of hydrogen-bond acceptors (Lipinski definition) is 0. The Morgan fingerprint density at radius 2 is 1.21 bits per heavy atom. The van der Waals surface area contributed by atoms with E-state index >= 15 is 0 Å². The Morgan fingerprint density at radius 3 is 1.71 bits per heavy atom. The Kier molecular flexibility index (Phi) is 5.88. The van der Waals surface area contributed by atoms with Crippen molar-refractivity contribution in [3.63, 3.8) is 0 Å². The van der Waals surface area contributed by atoms with Gasteiger partial charge in [0.15, 0.2) is 0 Å². The van der Waals surface area contributed by atoms with Gasteiger partial charge >= 0.3 is 215 Å². The summed E-state index contributed by atoms with van der Waals surface area (Å²) in [5, 5.41) is 0. The second-order valence-corrected chi connectivity index (χ2v) is 19.0. The second kappa shape index (κ2) is 8.38. The van der Waals surface area contributed by atoms with Crippen LogP contribution in [-0.2, 0) is 32.1 Å². The summed E-state index contributed by atoms with van der Waals surface area (Å²) >= 11 is -2.19. The van der Waals surface area contributed by atoms with E-state index in [0.29, 0.717) is 7.25 Å². The fourth-order valence-electron chi connectivity index (χ4n) is 5.97. The van der Waals surface area contributed by atoms with Crippen LogP contribution >= 0.6 is 0 Å². The van der Waals surface area contributed by atoms with Gasteiger partial charge in [-0.15, -0.1) is 0 Å². The molecule has 0 fully saturated rings. The number of benzene rings is 3. The fraction of sp³-hybridized carbons (Fsp3) is 0.364. The first-order valence-electron chi connectivity index (χ1n) is 12.7. The molecule has 1 unspecified atom stereocenters. The third kappa shape index (κ3) is 3.89. The van der Waals surface area contributed by atoms with Crippen LogP contribution in [0.15, 0.2) is 66.2 Å². The predicted molar refractivity (Wildman–Crippen MR) is 146 cm³/mol. The molecule has 5 rings (SSSR count). The first-order chi connectivity index (χ1) is 16.0. The molecule has 3 aromatic carbocycles. The molecule has 0 bridgehead atoms. The molecule has 0 aromatic heterocycles. The van der Waals surface area contributed by atoms with E-state index in [9.17, 15) is 0 Å². The van der Waals surface area contributed by atoms with Crippen LogP contribution in [0.1, 0.15) is 96.0 Å². The van der Waals surface area contributed by atoms with Gasteiger partial charge in [-0.25, -0.2) is 0 Å². The maximum atomic E-state index is 2.68. The molecule has 34 heavy (non-hydrogen) atoms. The van der Waals surface area contributed by atoms with Crippen molar-refractivity contribution >= 4 is 9.78 Å². The van der Waals surface area contributed by atoms with E-state index in [2.05, 4.69) is 126 Å². The first kappa shape index (κ1) is 23.9. The minimum absolute atomic E-state index is 0.153. The normalized spacial score (nSPS) is 17.9.